The van der Waals surface area contributed by atoms with Crippen LogP contribution in [0, 0.1) is 12.3 Å². The molecule has 0 aliphatic rings. The van der Waals surface area contributed by atoms with Gasteiger partial charge in [-0.1, -0.05) is 26.8 Å². The van der Waals surface area contributed by atoms with E-state index in [9.17, 15) is 13.2 Å². The van der Waals surface area contributed by atoms with Gasteiger partial charge in [-0.15, -0.1) is 0 Å². The second-order valence-corrected chi connectivity index (χ2v) is 8.41. The Labute approximate surface area is 134 Å². The van der Waals surface area contributed by atoms with Crippen molar-refractivity contribution in [1.82, 2.24) is 4.72 Å². The number of carbonyl (C=O) groups excluding carboxylic acids is 1. The number of benzene rings is 1. The highest BCUT2D eigenvalue weighted by molar-refractivity contribution is 9.10. The van der Waals surface area contributed by atoms with Crippen LogP contribution in [-0.2, 0) is 19.6 Å². The highest BCUT2D eigenvalue weighted by Gasteiger charge is 2.36. The number of esters is 1. The van der Waals surface area contributed by atoms with E-state index in [1.165, 1.54) is 13.2 Å². The van der Waals surface area contributed by atoms with Crippen molar-refractivity contribution >= 4 is 31.9 Å². The zero-order valence-corrected chi connectivity index (χ0v) is 15.1. The van der Waals surface area contributed by atoms with Crippen LogP contribution in [0.15, 0.2) is 27.6 Å². The molecule has 0 saturated heterocycles. The van der Waals surface area contributed by atoms with E-state index in [-0.39, 0.29) is 4.90 Å². The Morgan fingerprint density at radius 3 is 2.33 bits per heavy atom. The molecule has 5 nitrogen and oxygen atoms in total. The van der Waals surface area contributed by atoms with E-state index in [0.29, 0.717) is 4.47 Å². The summed E-state index contributed by atoms with van der Waals surface area (Å²) in [6.45, 7) is 7.16. The van der Waals surface area contributed by atoms with E-state index in [4.69, 9.17) is 4.74 Å². The molecular formula is C14H20BrNO4S. The number of ether oxygens (including phenoxy) is 1. The quantitative estimate of drug-likeness (QED) is 0.818. The normalized spacial score (nSPS) is 13.8. The van der Waals surface area contributed by atoms with Gasteiger partial charge in [0.15, 0.2) is 0 Å². The lowest BCUT2D eigenvalue weighted by Gasteiger charge is -2.28. The monoisotopic (exact) mass is 377 g/mol. The fourth-order valence-corrected chi connectivity index (χ4v) is 4.32. The van der Waals surface area contributed by atoms with Gasteiger partial charge in [-0.3, -0.25) is 4.79 Å². The summed E-state index contributed by atoms with van der Waals surface area (Å²) >= 11 is 3.24. The van der Waals surface area contributed by atoms with Crippen molar-refractivity contribution < 1.29 is 17.9 Å². The summed E-state index contributed by atoms with van der Waals surface area (Å²) in [5, 5.41) is 0. The molecule has 1 unspecified atom stereocenters. The maximum atomic E-state index is 12.5. The molecule has 1 aromatic carbocycles. The first-order valence-corrected chi connectivity index (χ1v) is 8.63. The molecule has 118 valence electrons. The molecule has 0 aliphatic heterocycles. The average molecular weight is 378 g/mol. The van der Waals surface area contributed by atoms with Gasteiger partial charge in [0.05, 0.1) is 12.0 Å². The Bertz CT molecular complexity index is 635. The zero-order valence-electron chi connectivity index (χ0n) is 12.7. The Kier molecular flexibility index (Phi) is 5.57. The SMILES string of the molecule is COC(=O)C(NS(=O)(=O)c1ccc(C)cc1Br)C(C)(C)C. The van der Waals surface area contributed by atoms with E-state index in [2.05, 4.69) is 20.7 Å². The predicted octanol–water partition coefficient (Wildman–Crippen LogP) is 2.62. The molecular weight excluding hydrogens is 358 g/mol. The number of aryl methyl sites for hydroxylation is 1. The fraction of sp³-hybridized carbons (Fsp3) is 0.500. The first-order chi connectivity index (χ1) is 9.49. The average Bonchev–Trinajstić information content (AvgIpc) is 2.33. The highest BCUT2D eigenvalue weighted by atomic mass is 79.9. The van der Waals surface area contributed by atoms with Crippen molar-refractivity contribution in [3.8, 4) is 0 Å². The molecule has 1 N–H and O–H groups in total. The van der Waals surface area contributed by atoms with Crippen LogP contribution in [-0.4, -0.2) is 27.5 Å². The molecule has 0 spiro atoms. The van der Waals surface area contributed by atoms with Crippen LogP contribution < -0.4 is 4.72 Å². The Balaban J connectivity index is 3.21. The van der Waals surface area contributed by atoms with Gasteiger partial charge in [0.1, 0.15) is 6.04 Å². The summed E-state index contributed by atoms with van der Waals surface area (Å²) in [6, 6.07) is 3.93. The summed E-state index contributed by atoms with van der Waals surface area (Å²) in [7, 11) is -2.61. The minimum Gasteiger partial charge on any atom is -0.468 e. The third-order valence-corrected chi connectivity index (χ3v) is 5.35. The number of halogens is 1. The minimum atomic E-state index is -3.84. The van der Waals surface area contributed by atoms with Crippen molar-refractivity contribution in [2.45, 2.75) is 38.6 Å². The lowest BCUT2D eigenvalue weighted by molar-refractivity contribution is -0.145. The van der Waals surface area contributed by atoms with Gasteiger partial charge in [-0.25, -0.2) is 8.42 Å². The molecule has 1 aromatic rings. The molecule has 0 fully saturated rings. The Morgan fingerprint density at radius 1 is 1.33 bits per heavy atom. The minimum absolute atomic E-state index is 0.0891. The van der Waals surface area contributed by atoms with Gasteiger partial charge in [-0.2, -0.15) is 4.72 Å². The number of rotatable bonds is 4. The third-order valence-electron chi connectivity index (χ3n) is 2.95. The molecule has 0 saturated carbocycles. The molecule has 1 atom stereocenters. The summed E-state index contributed by atoms with van der Waals surface area (Å²) < 4.78 is 32.6. The largest absolute Gasteiger partial charge is 0.468 e. The molecule has 7 heteroatoms. The van der Waals surface area contributed by atoms with Gasteiger partial charge in [-0.05, 0) is 46.0 Å². The predicted molar refractivity (Wildman–Crippen MR) is 84.5 cm³/mol. The molecule has 0 amide bonds. The number of carbonyl (C=O) groups is 1. The Hall–Kier alpha value is -0.920. The van der Waals surface area contributed by atoms with Crippen LogP contribution in [0.1, 0.15) is 26.3 Å². The first-order valence-electron chi connectivity index (χ1n) is 6.35. The van der Waals surface area contributed by atoms with Crippen LogP contribution in [0.25, 0.3) is 0 Å². The summed E-state index contributed by atoms with van der Waals surface area (Å²) in [6.07, 6.45) is 0. The maximum absolute atomic E-state index is 12.5. The van der Waals surface area contributed by atoms with Gasteiger partial charge in [0.25, 0.3) is 0 Å². The number of nitrogens with one attached hydrogen (secondary N) is 1. The maximum Gasteiger partial charge on any atom is 0.324 e. The lowest BCUT2D eigenvalue weighted by atomic mass is 9.87. The lowest BCUT2D eigenvalue weighted by Crippen LogP contribution is -2.49. The van der Waals surface area contributed by atoms with E-state index in [1.807, 2.05) is 6.92 Å². The molecule has 21 heavy (non-hydrogen) atoms. The highest BCUT2D eigenvalue weighted by Crippen LogP contribution is 2.26. The van der Waals surface area contributed by atoms with Crippen molar-refractivity contribution in [2.24, 2.45) is 5.41 Å². The van der Waals surface area contributed by atoms with Gasteiger partial charge < -0.3 is 4.74 Å². The van der Waals surface area contributed by atoms with Gasteiger partial charge >= 0.3 is 5.97 Å². The Morgan fingerprint density at radius 2 is 1.90 bits per heavy atom. The topological polar surface area (TPSA) is 72.5 Å². The summed E-state index contributed by atoms with van der Waals surface area (Å²) in [5.41, 5.74) is 0.318. The second-order valence-electron chi connectivity index (χ2n) is 5.88. The van der Waals surface area contributed by atoms with E-state index in [1.54, 1.807) is 32.9 Å². The number of methoxy groups -OCH3 is 1. The fourth-order valence-electron chi connectivity index (χ4n) is 1.74. The van der Waals surface area contributed by atoms with Crippen molar-refractivity contribution in [1.29, 1.82) is 0 Å². The van der Waals surface area contributed by atoms with Gasteiger partial charge in [0, 0.05) is 4.47 Å². The van der Waals surface area contributed by atoms with Crippen molar-refractivity contribution in [3.05, 3.63) is 28.2 Å². The summed E-state index contributed by atoms with van der Waals surface area (Å²) in [4.78, 5) is 11.9. The van der Waals surface area contributed by atoms with E-state index in [0.717, 1.165) is 5.56 Å². The van der Waals surface area contributed by atoms with Crippen LogP contribution in [0.3, 0.4) is 0 Å². The molecule has 1 rings (SSSR count). The van der Waals surface area contributed by atoms with E-state index < -0.39 is 27.4 Å². The van der Waals surface area contributed by atoms with Gasteiger partial charge in [0.2, 0.25) is 10.0 Å². The molecule has 0 bridgehead atoms. The van der Waals surface area contributed by atoms with Crippen molar-refractivity contribution in [3.63, 3.8) is 0 Å². The number of hydrogen-bond acceptors (Lipinski definition) is 4. The standard InChI is InChI=1S/C14H20BrNO4S/c1-9-6-7-11(10(15)8-9)21(18,19)16-12(13(17)20-5)14(2,3)4/h6-8,12,16H,1-5H3. The van der Waals surface area contributed by atoms with Crippen LogP contribution in [0.5, 0.6) is 0 Å². The molecule has 0 aliphatic carbocycles. The van der Waals surface area contributed by atoms with Crippen LogP contribution in [0.2, 0.25) is 0 Å². The second kappa shape index (κ2) is 6.46. The van der Waals surface area contributed by atoms with E-state index >= 15 is 0 Å². The molecule has 0 radical (unpaired) electrons. The van der Waals surface area contributed by atoms with Crippen LogP contribution >= 0.6 is 15.9 Å². The molecule has 0 aromatic heterocycles. The molecule has 0 heterocycles. The third kappa shape index (κ3) is 4.52. The van der Waals surface area contributed by atoms with Crippen LogP contribution in [0.4, 0.5) is 0 Å². The summed E-state index contributed by atoms with van der Waals surface area (Å²) in [5.74, 6) is -0.616. The number of hydrogen-bond donors (Lipinski definition) is 1. The first kappa shape index (κ1) is 18.1. The van der Waals surface area contributed by atoms with Crippen molar-refractivity contribution in [2.75, 3.05) is 7.11 Å². The zero-order chi connectivity index (χ0) is 16.4. The number of sulfonamides is 1. The smallest absolute Gasteiger partial charge is 0.324 e.